The monoisotopic (exact) mass is 248 g/mol. The van der Waals surface area contributed by atoms with Crippen molar-refractivity contribution in [2.45, 2.75) is 46.5 Å². The molecule has 0 bridgehead atoms. The second kappa shape index (κ2) is 5.55. The lowest BCUT2D eigenvalue weighted by Gasteiger charge is -2.38. The zero-order valence-electron chi connectivity index (χ0n) is 11.7. The van der Waals surface area contributed by atoms with Gasteiger partial charge in [0, 0.05) is 19.2 Å². The average molecular weight is 248 g/mol. The summed E-state index contributed by atoms with van der Waals surface area (Å²) in [7, 11) is 0. The Labute approximate surface area is 110 Å². The quantitative estimate of drug-likeness (QED) is 0.811. The number of nitrogens with one attached hydrogen (secondary N) is 2. The van der Waals surface area contributed by atoms with Crippen LogP contribution in [0.4, 0.5) is 11.6 Å². The summed E-state index contributed by atoms with van der Waals surface area (Å²) in [6.07, 6.45) is 5.12. The van der Waals surface area contributed by atoms with Crippen molar-refractivity contribution in [3.63, 3.8) is 0 Å². The summed E-state index contributed by atoms with van der Waals surface area (Å²) in [6, 6.07) is 2.00. The van der Waals surface area contributed by atoms with Gasteiger partial charge in [0.05, 0.1) is 0 Å². The number of rotatable bonds is 6. The summed E-state index contributed by atoms with van der Waals surface area (Å²) in [5.74, 6) is 2.68. The smallest absolute Gasteiger partial charge is 0.131 e. The largest absolute Gasteiger partial charge is 0.370 e. The van der Waals surface area contributed by atoms with Gasteiger partial charge in [0.2, 0.25) is 0 Å². The van der Waals surface area contributed by atoms with Crippen molar-refractivity contribution in [1.82, 2.24) is 9.97 Å². The lowest BCUT2D eigenvalue weighted by Crippen LogP contribution is -2.33. The van der Waals surface area contributed by atoms with Crippen molar-refractivity contribution in [2.24, 2.45) is 5.41 Å². The Bertz CT molecular complexity index is 399. The first kappa shape index (κ1) is 13.1. The van der Waals surface area contributed by atoms with Crippen LogP contribution in [0.3, 0.4) is 0 Å². The molecule has 0 aliphatic heterocycles. The van der Waals surface area contributed by atoms with Crippen molar-refractivity contribution >= 4 is 11.6 Å². The minimum Gasteiger partial charge on any atom is -0.370 e. The number of anilines is 2. The molecule has 2 rings (SSSR count). The van der Waals surface area contributed by atoms with Crippen molar-refractivity contribution in [2.75, 3.05) is 23.7 Å². The van der Waals surface area contributed by atoms with Crippen molar-refractivity contribution in [3.05, 3.63) is 11.9 Å². The minimum absolute atomic E-state index is 0.468. The van der Waals surface area contributed by atoms with Gasteiger partial charge in [0.25, 0.3) is 0 Å². The molecule has 0 spiro atoms. The molecule has 1 aliphatic rings. The van der Waals surface area contributed by atoms with E-state index in [9.17, 15) is 0 Å². The highest BCUT2D eigenvalue weighted by Gasteiger charge is 2.31. The lowest BCUT2D eigenvalue weighted by atomic mass is 9.70. The van der Waals surface area contributed by atoms with Crippen molar-refractivity contribution in [3.8, 4) is 0 Å². The van der Waals surface area contributed by atoms with Crippen LogP contribution in [0, 0.1) is 12.3 Å². The summed E-state index contributed by atoms with van der Waals surface area (Å²) in [5, 5.41) is 6.76. The number of hydrogen-bond donors (Lipinski definition) is 2. The van der Waals surface area contributed by atoms with Gasteiger partial charge in [-0.2, -0.15) is 0 Å². The molecule has 1 saturated carbocycles. The van der Waals surface area contributed by atoms with Crippen LogP contribution in [-0.2, 0) is 0 Å². The molecule has 0 aromatic carbocycles. The van der Waals surface area contributed by atoms with Gasteiger partial charge in [-0.25, -0.2) is 9.97 Å². The highest BCUT2D eigenvalue weighted by atomic mass is 15.1. The predicted molar refractivity (Wildman–Crippen MR) is 76.0 cm³/mol. The zero-order valence-corrected chi connectivity index (χ0v) is 11.7. The molecule has 4 nitrogen and oxygen atoms in total. The van der Waals surface area contributed by atoms with Gasteiger partial charge in [-0.1, -0.05) is 20.3 Å². The van der Waals surface area contributed by atoms with Gasteiger partial charge < -0.3 is 10.6 Å². The van der Waals surface area contributed by atoms with Crippen LogP contribution < -0.4 is 10.6 Å². The number of hydrogen-bond acceptors (Lipinski definition) is 4. The molecule has 1 heterocycles. The Balaban J connectivity index is 1.96. The maximum absolute atomic E-state index is 4.44. The second-order valence-electron chi connectivity index (χ2n) is 5.63. The molecule has 0 radical (unpaired) electrons. The Morgan fingerprint density at radius 2 is 1.89 bits per heavy atom. The Kier molecular flexibility index (Phi) is 4.04. The van der Waals surface area contributed by atoms with Crippen LogP contribution in [-0.4, -0.2) is 23.1 Å². The first-order chi connectivity index (χ1) is 8.61. The van der Waals surface area contributed by atoms with Gasteiger partial charge in [-0.05, 0) is 31.6 Å². The molecule has 4 heteroatoms. The van der Waals surface area contributed by atoms with Gasteiger partial charge in [0.1, 0.15) is 17.5 Å². The van der Waals surface area contributed by atoms with Crippen molar-refractivity contribution < 1.29 is 0 Å². The molecule has 100 valence electrons. The third-order valence-electron chi connectivity index (χ3n) is 3.65. The van der Waals surface area contributed by atoms with E-state index in [0.717, 1.165) is 37.0 Å². The summed E-state index contributed by atoms with van der Waals surface area (Å²) in [6.45, 7) is 8.39. The predicted octanol–water partition coefficient (Wildman–Crippen LogP) is 3.21. The Morgan fingerprint density at radius 1 is 1.22 bits per heavy atom. The second-order valence-corrected chi connectivity index (χ2v) is 5.63. The lowest BCUT2D eigenvalue weighted by molar-refractivity contribution is 0.180. The number of nitrogens with zero attached hydrogens (tertiary/aromatic N) is 2. The van der Waals surface area contributed by atoms with E-state index in [-0.39, 0.29) is 0 Å². The van der Waals surface area contributed by atoms with E-state index in [4.69, 9.17) is 0 Å². The minimum atomic E-state index is 0.468. The third kappa shape index (κ3) is 3.34. The van der Waals surface area contributed by atoms with Crippen molar-refractivity contribution in [1.29, 1.82) is 0 Å². The molecular formula is C14H24N4. The highest BCUT2D eigenvalue weighted by molar-refractivity contribution is 5.47. The maximum atomic E-state index is 4.44. The normalized spacial score (nSPS) is 17.1. The van der Waals surface area contributed by atoms with Gasteiger partial charge in [-0.3, -0.25) is 0 Å². The topological polar surface area (TPSA) is 49.8 Å². The van der Waals surface area contributed by atoms with Crippen LogP contribution in [0.1, 0.15) is 45.4 Å². The molecule has 0 amide bonds. The summed E-state index contributed by atoms with van der Waals surface area (Å²) < 4.78 is 0. The molecule has 18 heavy (non-hydrogen) atoms. The molecule has 0 atom stereocenters. The first-order valence-corrected chi connectivity index (χ1v) is 6.95. The number of aryl methyl sites for hydroxylation is 1. The fraction of sp³-hybridized carbons (Fsp3) is 0.714. The maximum Gasteiger partial charge on any atom is 0.131 e. The van der Waals surface area contributed by atoms with Crippen LogP contribution in [0.2, 0.25) is 0 Å². The summed E-state index contributed by atoms with van der Waals surface area (Å²) in [5.41, 5.74) is 0.468. The van der Waals surface area contributed by atoms with Crippen LogP contribution in [0.15, 0.2) is 6.07 Å². The molecule has 1 aromatic rings. The molecule has 1 fully saturated rings. The molecule has 1 aromatic heterocycles. The first-order valence-electron chi connectivity index (χ1n) is 6.95. The SMILES string of the molecule is CCCNc1cc(NCC2(C)CCC2)nc(C)n1. The van der Waals surface area contributed by atoms with Gasteiger partial charge in [0.15, 0.2) is 0 Å². The Hall–Kier alpha value is -1.32. The van der Waals surface area contributed by atoms with E-state index < -0.39 is 0 Å². The van der Waals surface area contributed by atoms with Gasteiger partial charge >= 0.3 is 0 Å². The van der Waals surface area contributed by atoms with Gasteiger partial charge in [-0.15, -0.1) is 0 Å². The van der Waals surface area contributed by atoms with E-state index in [2.05, 4.69) is 34.4 Å². The van der Waals surface area contributed by atoms with E-state index in [1.807, 2.05) is 13.0 Å². The molecular weight excluding hydrogens is 224 g/mol. The fourth-order valence-corrected chi connectivity index (χ4v) is 2.26. The Morgan fingerprint density at radius 3 is 2.44 bits per heavy atom. The van der Waals surface area contributed by atoms with E-state index in [1.165, 1.54) is 19.3 Å². The molecule has 1 aliphatic carbocycles. The molecule has 2 N–H and O–H groups in total. The third-order valence-corrected chi connectivity index (χ3v) is 3.65. The zero-order chi connectivity index (χ0) is 13.0. The number of aromatic nitrogens is 2. The van der Waals surface area contributed by atoms with Crippen LogP contribution >= 0.6 is 0 Å². The standard InChI is InChI=1S/C14H24N4/c1-4-8-15-12-9-13(18-11(2)17-12)16-10-14(3)6-5-7-14/h9H,4-8,10H2,1-3H3,(H2,15,16,17,18). The molecule has 0 saturated heterocycles. The van der Waals surface area contributed by atoms with E-state index in [1.54, 1.807) is 0 Å². The van der Waals surface area contributed by atoms with E-state index >= 15 is 0 Å². The fourth-order valence-electron chi connectivity index (χ4n) is 2.26. The van der Waals surface area contributed by atoms with Crippen LogP contribution in [0.25, 0.3) is 0 Å². The summed E-state index contributed by atoms with van der Waals surface area (Å²) >= 11 is 0. The average Bonchev–Trinajstić information content (AvgIpc) is 2.31. The van der Waals surface area contributed by atoms with Crippen LogP contribution in [0.5, 0.6) is 0 Å². The highest BCUT2D eigenvalue weighted by Crippen LogP contribution is 2.40. The summed E-state index contributed by atoms with van der Waals surface area (Å²) in [4.78, 5) is 8.83. The van der Waals surface area contributed by atoms with E-state index in [0.29, 0.717) is 5.41 Å². The molecule has 0 unspecified atom stereocenters.